The molecule has 4 aliphatic rings. The minimum absolute atomic E-state index is 0.0962. The van der Waals surface area contributed by atoms with Gasteiger partial charge in [0.25, 0.3) is 0 Å². The van der Waals surface area contributed by atoms with Gasteiger partial charge in [0.15, 0.2) is 17.2 Å². The van der Waals surface area contributed by atoms with Crippen LogP contribution in [-0.2, 0) is 27.8 Å². The average molecular weight is 552 g/mol. The molecule has 0 unspecified atom stereocenters. The number of Topliss-reactive ketones (excluding diaryl/α,β-unsaturated/α-hetero) is 1. The van der Waals surface area contributed by atoms with E-state index in [1.165, 1.54) is 32.1 Å². The molecule has 0 heterocycles. The lowest BCUT2D eigenvalue weighted by Gasteiger charge is -2.63. The Kier molecular flexibility index (Phi) is 6.57. The number of aliphatic hydroxyl groups is 1. The first-order valence-corrected chi connectivity index (χ1v) is 14.7. The number of allylic oxidation sites excluding steroid dienone is 4. The third-order valence-electron chi connectivity index (χ3n) is 9.22. The Morgan fingerprint density at radius 2 is 1.81 bits per heavy atom. The highest BCUT2D eigenvalue weighted by Gasteiger charge is 2.77. The number of rotatable bonds is 6. The van der Waals surface area contributed by atoms with Gasteiger partial charge in [0, 0.05) is 16.7 Å². The molecule has 5 N–H and O–H groups in total. The third kappa shape index (κ3) is 3.89. The van der Waals surface area contributed by atoms with Gasteiger partial charge in [-0.25, -0.2) is 13.5 Å². The fraction of sp³-hybridized carbons (Fsp3) is 0.727. The Morgan fingerprint density at radius 1 is 1.17 bits per heavy atom. The largest absolute Gasteiger partial charge is 0.470 e. The fourth-order valence-electron chi connectivity index (χ4n) is 7.81. The summed E-state index contributed by atoms with van der Waals surface area (Å²) in [6.07, 6.45) is 2.60. The summed E-state index contributed by atoms with van der Waals surface area (Å²) in [5.41, 5.74) is -6.84. The zero-order valence-electron chi connectivity index (χ0n) is 20.0. The van der Waals surface area contributed by atoms with Gasteiger partial charge in [-0.3, -0.25) is 18.6 Å². The molecule has 4 aliphatic carbocycles. The Balaban J connectivity index is 1.83. The van der Waals surface area contributed by atoms with E-state index in [2.05, 4.69) is 4.52 Å². The summed E-state index contributed by atoms with van der Waals surface area (Å²) < 4.78 is 50.1. The van der Waals surface area contributed by atoms with Crippen molar-refractivity contribution in [3.05, 3.63) is 23.8 Å². The van der Waals surface area contributed by atoms with Crippen molar-refractivity contribution in [3.63, 3.8) is 0 Å². The normalized spacial score (nSPS) is 44.5. The van der Waals surface area contributed by atoms with Crippen LogP contribution in [-0.4, -0.2) is 60.2 Å². The number of aliphatic hydroxyl groups excluding tert-OH is 1. The molecule has 14 heteroatoms. The van der Waals surface area contributed by atoms with Crippen molar-refractivity contribution in [1.29, 1.82) is 0 Å². The van der Waals surface area contributed by atoms with Crippen LogP contribution in [0.25, 0.3) is 0 Å². The van der Waals surface area contributed by atoms with Crippen LogP contribution in [0.3, 0.4) is 0 Å². The summed E-state index contributed by atoms with van der Waals surface area (Å²) in [6, 6.07) is 0. The second kappa shape index (κ2) is 8.46. The summed E-state index contributed by atoms with van der Waals surface area (Å²) in [5.74, 6) is -3.88. The Bertz CT molecular complexity index is 1140. The van der Waals surface area contributed by atoms with Crippen LogP contribution < -0.4 is 0 Å². The number of carbonyl (C=O) groups excluding carboxylic acids is 2. The molecule has 8 atom stereocenters. The van der Waals surface area contributed by atoms with Crippen LogP contribution in [0.15, 0.2) is 23.8 Å². The van der Waals surface area contributed by atoms with E-state index in [1.807, 2.05) is 0 Å². The van der Waals surface area contributed by atoms with Crippen LogP contribution >= 0.6 is 15.6 Å². The summed E-state index contributed by atoms with van der Waals surface area (Å²) in [4.78, 5) is 63.2. The highest BCUT2D eigenvalue weighted by Crippen LogP contribution is 2.73. The molecular weight excluding hydrogens is 521 g/mol. The van der Waals surface area contributed by atoms with E-state index in [4.69, 9.17) is 14.3 Å². The van der Waals surface area contributed by atoms with Crippen molar-refractivity contribution in [2.24, 2.45) is 28.6 Å². The molecule has 0 amide bonds. The maximum Gasteiger partial charge on any atom is 0.470 e. The Morgan fingerprint density at radius 3 is 2.39 bits per heavy atom. The van der Waals surface area contributed by atoms with E-state index < -0.39 is 80.4 Å². The van der Waals surface area contributed by atoms with Gasteiger partial charge in [-0.15, -0.1) is 0 Å². The van der Waals surface area contributed by atoms with Crippen molar-refractivity contribution >= 4 is 27.2 Å². The SMILES string of the molecule is C[C@@H]1C[C@H]2[C@@H]3CCC4=CC(=O)C=C[C@]4(C)[C@@]3(F)[C@@H](O)C[C@]2(C)[C@@]1(OP(=O)(O)O)C(=O)COP(=O)(O)O. The van der Waals surface area contributed by atoms with Crippen molar-refractivity contribution < 1.29 is 56.8 Å². The number of alkyl halides is 1. The number of ketones is 2. The van der Waals surface area contributed by atoms with Crippen molar-refractivity contribution in [2.75, 3.05) is 6.61 Å². The van der Waals surface area contributed by atoms with Crippen LogP contribution in [0, 0.1) is 28.6 Å². The van der Waals surface area contributed by atoms with Crippen LogP contribution in [0.5, 0.6) is 0 Å². The number of halogens is 1. The molecule has 0 spiro atoms. The van der Waals surface area contributed by atoms with Gasteiger partial charge in [-0.2, -0.15) is 0 Å². The maximum absolute atomic E-state index is 17.2. The molecule has 3 saturated carbocycles. The lowest BCUT2D eigenvalue weighted by atomic mass is 9.44. The fourth-order valence-corrected chi connectivity index (χ4v) is 8.96. The molecule has 202 valence electrons. The molecule has 0 aliphatic heterocycles. The van der Waals surface area contributed by atoms with E-state index in [9.17, 15) is 33.6 Å². The molecule has 3 fully saturated rings. The van der Waals surface area contributed by atoms with Gasteiger partial charge in [-0.05, 0) is 56.6 Å². The predicted octanol–water partition coefficient (Wildman–Crippen LogP) is 2.13. The Hall–Kier alpha value is -1.07. The van der Waals surface area contributed by atoms with Gasteiger partial charge in [0.2, 0.25) is 0 Å². The standard InChI is InChI=1S/C22H31FO11P2/c1-12-8-16-15-5-4-13-9-14(24)6-7-19(13,2)21(15,23)17(25)10-20(16,3)22(12,34-36(30,31)32)18(26)11-33-35(27,28)29/h6-7,9,12,15-17,25H,4-5,8,10-11H2,1-3H3,(H2,27,28,29)(H2,30,31,32)/t12-,15+,16+,17+,19+,20+,21+,22+/m1/s1. The van der Waals surface area contributed by atoms with Gasteiger partial charge in [-0.1, -0.05) is 25.5 Å². The zero-order chi connectivity index (χ0) is 27.1. The van der Waals surface area contributed by atoms with Crippen molar-refractivity contribution in [3.8, 4) is 0 Å². The molecule has 0 radical (unpaired) electrons. The molecule has 0 bridgehead atoms. The minimum Gasteiger partial charge on any atom is -0.390 e. The number of fused-ring (bicyclic) bond motifs is 5. The first-order chi connectivity index (χ1) is 16.3. The number of hydrogen-bond donors (Lipinski definition) is 5. The summed E-state index contributed by atoms with van der Waals surface area (Å²) in [5, 5.41) is 11.4. The quantitative estimate of drug-likeness (QED) is 0.304. The van der Waals surface area contributed by atoms with E-state index in [1.54, 1.807) is 6.92 Å². The van der Waals surface area contributed by atoms with Gasteiger partial charge < -0.3 is 24.7 Å². The summed E-state index contributed by atoms with van der Waals surface area (Å²) in [7, 11) is -10.5. The number of phosphoric ester groups is 2. The van der Waals surface area contributed by atoms with Gasteiger partial charge in [0.1, 0.15) is 12.2 Å². The van der Waals surface area contributed by atoms with Gasteiger partial charge in [0.05, 0.1) is 6.10 Å². The molecule has 0 aromatic rings. The van der Waals surface area contributed by atoms with E-state index in [0.717, 1.165) is 0 Å². The Labute approximate surface area is 207 Å². The summed E-state index contributed by atoms with van der Waals surface area (Å²) >= 11 is 0. The zero-order valence-corrected chi connectivity index (χ0v) is 21.8. The van der Waals surface area contributed by atoms with Crippen LogP contribution in [0.4, 0.5) is 4.39 Å². The van der Waals surface area contributed by atoms with E-state index >= 15 is 4.39 Å². The maximum atomic E-state index is 17.2. The predicted molar refractivity (Wildman–Crippen MR) is 122 cm³/mol. The highest BCUT2D eigenvalue weighted by molar-refractivity contribution is 7.46. The summed E-state index contributed by atoms with van der Waals surface area (Å²) in [6.45, 7) is 3.39. The van der Waals surface area contributed by atoms with Gasteiger partial charge >= 0.3 is 15.6 Å². The average Bonchev–Trinajstić information content (AvgIpc) is 2.94. The molecule has 36 heavy (non-hydrogen) atoms. The molecular formula is C22H31FO11P2. The highest BCUT2D eigenvalue weighted by atomic mass is 31.2. The van der Waals surface area contributed by atoms with Crippen LogP contribution in [0.1, 0.15) is 46.5 Å². The molecule has 4 rings (SSSR count). The monoisotopic (exact) mass is 552 g/mol. The molecule has 0 aromatic heterocycles. The number of phosphoric acid groups is 2. The smallest absolute Gasteiger partial charge is 0.390 e. The van der Waals surface area contributed by atoms with Crippen molar-refractivity contribution in [1.82, 2.24) is 0 Å². The minimum atomic E-state index is -5.36. The first kappa shape index (κ1) is 28.0. The first-order valence-electron chi connectivity index (χ1n) is 11.6. The second-order valence-electron chi connectivity index (χ2n) is 10.9. The second-order valence-corrected chi connectivity index (χ2v) is 13.3. The topological polar surface area (TPSA) is 188 Å². The van der Waals surface area contributed by atoms with Crippen LogP contribution in [0.2, 0.25) is 0 Å². The third-order valence-corrected chi connectivity index (χ3v) is 10.2. The molecule has 0 aromatic carbocycles. The molecule has 0 saturated heterocycles. The molecule has 11 nitrogen and oxygen atoms in total. The lowest BCUT2D eigenvalue weighted by Crippen LogP contribution is -2.69. The van der Waals surface area contributed by atoms with E-state index in [0.29, 0.717) is 12.0 Å². The van der Waals surface area contributed by atoms with Crippen molar-refractivity contribution in [2.45, 2.75) is 63.8 Å². The lowest BCUT2D eigenvalue weighted by molar-refractivity contribution is -0.217. The van der Waals surface area contributed by atoms with E-state index in [-0.39, 0.29) is 18.6 Å². The number of hydrogen-bond acceptors (Lipinski definition) is 7. The number of carbonyl (C=O) groups is 2.